The lowest BCUT2D eigenvalue weighted by atomic mass is 10.2. The van der Waals surface area contributed by atoms with Crippen molar-refractivity contribution in [1.82, 2.24) is 5.32 Å². The van der Waals surface area contributed by atoms with E-state index in [2.05, 4.69) is 5.32 Å². The lowest BCUT2D eigenvalue weighted by Gasteiger charge is -2.26. The monoisotopic (exact) mass is 290 g/mol. The first-order valence-corrected chi connectivity index (χ1v) is 8.20. The number of rotatable bonds is 3. The fraction of sp³-hybridized carbons (Fsp3) is 0.833. The zero-order chi connectivity index (χ0) is 13.8. The van der Waals surface area contributed by atoms with Crippen molar-refractivity contribution in [1.29, 1.82) is 5.41 Å². The zero-order valence-electron chi connectivity index (χ0n) is 11.4. The lowest BCUT2D eigenvalue weighted by molar-refractivity contribution is 0.0521. The summed E-state index contributed by atoms with van der Waals surface area (Å²) in [7, 11) is 0. The van der Waals surface area contributed by atoms with Gasteiger partial charge in [0, 0.05) is 0 Å². The summed E-state index contributed by atoms with van der Waals surface area (Å²) >= 11 is 3.57. The Hall–Kier alpha value is -0.360. The van der Waals surface area contributed by atoms with E-state index in [-0.39, 0.29) is 10.6 Å². The summed E-state index contributed by atoms with van der Waals surface area (Å²) in [5.41, 5.74) is 0.0657. The SMILES string of the molecule is CC(NC(=O)OC(C)(C)C)C(=N)C1SCCCS1. The Bertz CT molecular complexity index is 310. The van der Waals surface area contributed by atoms with E-state index in [9.17, 15) is 4.79 Å². The number of nitrogens with one attached hydrogen (secondary N) is 2. The quantitative estimate of drug-likeness (QED) is 0.784. The minimum absolute atomic E-state index is 0.170. The van der Waals surface area contributed by atoms with Gasteiger partial charge in [0.05, 0.1) is 16.3 Å². The van der Waals surface area contributed by atoms with E-state index in [1.165, 1.54) is 6.42 Å². The average Bonchev–Trinajstić information content (AvgIpc) is 2.26. The van der Waals surface area contributed by atoms with E-state index in [1.807, 2.05) is 27.7 Å². The minimum atomic E-state index is -0.500. The smallest absolute Gasteiger partial charge is 0.408 e. The Morgan fingerprint density at radius 1 is 1.39 bits per heavy atom. The second-order valence-electron chi connectivity index (χ2n) is 5.25. The van der Waals surface area contributed by atoms with Crippen molar-refractivity contribution in [3.63, 3.8) is 0 Å². The molecular weight excluding hydrogens is 268 g/mol. The van der Waals surface area contributed by atoms with Crippen LogP contribution < -0.4 is 5.32 Å². The molecule has 0 bridgehead atoms. The molecule has 104 valence electrons. The molecule has 4 nitrogen and oxygen atoms in total. The topological polar surface area (TPSA) is 62.2 Å². The number of hydrogen-bond acceptors (Lipinski definition) is 5. The van der Waals surface area contributed by atoms with Crippen LogP contribution >= 0.6 is 23.5 Å². The number of thioether (sulfide) groups is 2. The molecule has 0 aromatic heterocycles. The molecule has 1 aliphatic heterocycles. The molecule has 1 unspecified atom stereocenters. The number of ether oxygens (including phenoxy) is 1. The van der Waals surface area contributed by atoms with Gasteiger partial charge in [0.25, 0.3) is 0 Å². The molecular formula is C12H22N2O2S2. The fourth-order valence-corrected chi connectivity index (χ4v) is 4.40. The minimum Gasteiger partial charge on any atom is -0.444 e. The van der Waals surface area contributed by atoms with Crippen molar-refractivity contribution in [2.24, 2.45) is 0 Å². The standard InChI is InChI=1S/C12H22N2O2S2/c1-8(14-11(15)16-12(2,3)4)9(13)10-17-6-5-7-18-10/h8,10,13H,5-7H2,1-4H3,(H,14,15). The van der Waals surface area contributed by atoms with Crippen molar-refractivity contribution < 1.29 is 9.53 Å². The average molecular weight is 290 g/mol. The predicted octanol–water partition coefficient (Wildman–Crippen LogP) is 3.12. The molecule has 1 rings (SSSR count). The third-order valence-corrected chi connectivity index (χ3v) is 5.26. The molecule has 1 atom stereocenters. The van der Waals surface area contributed by atoms with Crippen LogP contribution in [0, 0.1) is 5.41 Å². The molecule has 1 heterocycles. The molecule has 1 amide bonds. The summed E-state index contributed by atoms with van der Waals surface area (Å²) in [4.78, 5) is 11.6. The Labute approximate surface area is 118 Å². The summed E-state index contributed by atoms with van der Waals surface area (Å²) in [6, 6.07) is -0.275. The number of carbonyl (C=O) groups excluding carboxylic acids is 1. The van der Waals surface area contributed by atoms with Crippen molar-refractivity contribution in [2.45, 2.75) is 50.3 Å². The molecule has 1 saturated heterocycles. The molecule has 6 heteroatoms. The summed E-state index contributed by atoms with van der Waals surface area (Å²) < 4.78 is 5.36. The molecule has 0 aliphatic carbocycles. The molecule has 18 heavy (non-hydrogen) atoms. The van der Waals surface area contributed by atoms with Gasteiger partial charge in [-0.15, -0.1) is 23.5 Å². The van der Waals surface area contributed by atoms with Gasteiger partial charge in [0.1, 0.15) is 5.60 Å². The molecule has 2 N–H and O–H groups in total. The van der Waals surface area contributed by atoms with Crippen LogP contribution in [0.5, 0.6) is 0 Å². The van der Waals surface area contributed by atoms with Crippen LogP contribution in [0.2, 0.25) is 0 Å². The van der Waals surface area contributed by atoms with E-state index in [0.29, 0.717) is 5.71 Å². The van der Waals surface area contributed by atoms with Crippen LogP contribution in [-0.4, -0.2) is 39.5 Å². The number of hydrogen-bond donors (Lipinski definition) is 2. The van der Waals surface area contributed by atoms with Crippen LogP contribution in [0.3, 0.4) is 0 Å². The van der Waals surface area contributed by atoms with Gasteiger partial charge in [0.2, 0.25) is 0 Å². The Morgan fingerprint density at radius 3 is 2.44 bits per heavy atom. The van der Waals surface area contributed by atoms with Gasteiger partial charge in [-0.05, 0) is 45.6 Å². The molecule has 0 radical (unpaired) electrons. The van der Waals surface area contributed by atoms with Crippen molar-refractivity contribution in [2.75, 3.05) is 11.5 Å². The van der Waals surface area contributed by atoms with Gasteiger partial charge >= 0.3 is 6.09 Å². The Kier molecular flexibility index (Phi) is 5.85. The van der Waals surface area contributed by atoms with Crippen LogP contribution in [0.25, 0.3) is 0 Å². The highest BCUT2D eigenvalue weighted by molar-refractivity contribution is 8.18. The number of alkyl carbamates (subject to hydrolysis) is 1. The van der Waals surface area contributed by atoms with Gasteiger partial charge in [-0.25, -0.2) is 4.79 Å². The van der Waals surface area contributed by atoms with Crippen molar-refractivity contribution >= 4 is 35.3 Å². The number of amides is 1. The predicted molar refractivity (Wildman–Crippen MR) is 79.9 cm³/mol. The van der Waals surface area contributed by atoms with Crippen LogP contribution in [0.15, 0.2) is 0 Å². The van der Waals surface area contributed by atoms with E-state index < -0.39 is 11.7 Å². The highest BCUT2D eigenvalue weighted by Crippen LogP contribution is 2.31. The largest absolute Gasteiger partial charge is 0.444 e. The van der Waals surface area contributed by atoms with Crippen molar-refractivity contribution in [3.05, 3.63) is 0 Å². The van der Waals surface area contributed by atoms with Gasteiger partial charge in [-0.3, -0.25) is 0 Å². The zero-order valence-corrected chi connectivity index (χ0v) is 13.0. The summed E-state index contributed by atoms with van der Waals surface area (Å²) in [5, 5.41) is 10.8. The summed E-state index contributed by atoms with van der Waals surface area (Å²) in [5.74, 6) is 2.19. The summed E-state index contributed by atoms with van der Waals surface area (Å²) in [6.07, 6.45) is 0.748. The second kappa shape index (κ2) is 6.70. The van der Waals surface area contributed by atoms with E-state index in [4.69, 9.17) is 10.1 Å². The van der Waals surface area contributed by atoms with Gasteiger partial charge < -0.3 is 15.5 Å². The van der Waals surface area contributed by atoms with E-state index >= 15 is 0 Å². The highest BCUT2D eigenvalue weighted by Gasteiger charge is 2.25. The Balaban J connectivity index is 2.41. The normalized spacial score (nSPS) is 19.1. The van der Waals surface area contributed by atoms with E-state index in [1.54, 1.807) is 23.5 Å². The molecule has 0 saturated carbocycles. The maximum absolute atomic E-state index is 11.6. The second-order valence-corrected chi connectivity index (χ2v) is 7.97. The molecule has 0 spiro atoms. The van der Waals surface area contributed by atoms with Gasteiger partial charge in [0.15, 0.2) is 0 Å². The molecule has 0 aromatic rings. The first-order valence-electron chi connectivity index (χ1n) is 6.10. The first-order chi connectivity index (χ1) is 8.29. The fourth-order valence-electron chi connectivity index (χ4n) is 1.43. The van der Waals surface area contributed by atoms with Crippen molar-refractivity contribution in [3.8, 4) is 0 Å². The lowest BCUT2D eigenvalue weighted by Crippen LogP contribution is -2.44. The van der Waals surface area contributed by atoms with Gasteiger partial charge in [-0.1, -0.05) is 0 Å². The van der Waals surface area contributed by atoms with Crippen LogP contribution in [0.1, 0.15) is 34.1 Å². The van der Waals surface area contributed by atoms with Crippen LogP contribution in [-0.2, 0) is 4.74 Å². The Morgan fingerprint density at radius 2 is 1.94 bits per heavy atom. The third kappa shape index (κ3) is 5.52. The molecule has 1 fully saturated rings. The van der Waals surface area contributed by atoms with Crippen LogP contribution in [0.4, 0.5) is 4.79 Å². The number of carbonyl (C=O) groups is 1. The first kappa shape index (κ1) is 15.7. The maximum Gasteiger partial charge on any atom is 0.408 e. The van der Waals surface area contributed by atoms with Gasteiger partial charge in [-0.2, -0.15) is 0 Å². The van der Waals surface area contributed by atoms with E-state index in [0.717, 1.165) is 11.5 Å². The third-order valence-electron chi connectivity index (χ3n) is 2.28. The highest BCUT2D eigenvalue weighted by atomic mass is 32.2. The molecule has 1 aliphatic rings. The molecule has 0 aromatic carbocycles. The summed E-state index contributed by atoms with van der Waals surface area (Å²) in [6.45, 7) is 7.32. The maximum atomic E-state index is 11.6.